The van der Waals surface area contributed by atoms with Crippen LogP contribution in [-0.4, -0.2) is 41.1 Å². The highest BCUT2D eigenvalue weighted by atomic mass is 35.5. The van der Waals surface area contributed by atoms with Gasteiger partial charge in [0.2, 0.25) is 0 Å². The number of hydrogen-bond donors (Lipinski definition) is 1. The number of alkyl halides is 2. The second kappa shape index (κ2) is 4.83. The molecule has 0 radical (unpaired) electrons. The van der Waals surface area contributed by atoms with Gasteiger partial charge >= 0.3 is 0 Å². The van der Waals surface area contributed by atoms with Crippen LogP contribution >= 0.6 is 31.0 Å². The minimum Gasteiger partial charge on any atom is -0.390 e. The fourth-order valence-corrected chi connectivity index (χ4v) is 3.09. The van der Waals surface area contributed by atoms with Crippen LogP contribution in [0.3, 0.4) is 0 Å². The summed E-state index contributed by atoms with van der Waals surface area (Å²) in [5.41, 5.74) is -0.598. The monoisotopic (exact) mass is 232 g/mol. The molecule has 72 valence electrons. The fourth-order valence-electron chi connectivity index (χ4n) is 1.17. The van der Waals surface area contributed by atoms with Gasteiger partial charge in [-0.15, -0.1) is 11.6 Å². The summed E-state index contributed by atoms with van der Waals surface area (Å²) in [6, 6.07) is 0. The second-order valence-electron chi connectivity index (χ2n) is 2.75. The highest BCUT2D eigenvalue weighted by Crippen LogP contribution is 2.34. The molecule has 0 spiro atoms. The van der Waals surface area contributed by atoms with Gasteiger partial charge in [-0.05, 0) is 0 Å². The van der Waals surface area contributed by atoms with E-state index in [2.05, 4.69) is 0 Å². The smallest absolute Gasteiger partial charge is 0.145 e. The van der Waals surface area contributed by atoms with Crippen molar-refractivity contribution >= 4 is 31.0 Å². The summed E-state index contributed by atoms with van der Waals surface area (Å²) in [4.78, 5) is 0. The first kappa shape index (κ1) is 10.8. The van der Waals surface area contributed by atoms with Gasteiger partial charge in [0.25, 0.3) is 0 Å². The van der Waals surface area contributed by atoms with E-state index < -0.39 is 25.6 Å². The zero-order chi connectivity index (χ0) is 9.14. The van der Waals surface area contributed by atoms with Crippen LogP contribution in [0.4, 0.5) is 0 Å². The lowest BCUT2D eigenvalue weighted by Crippen LogP contribution is -2.30. The van der Waals surface area contributed by atoms with Gasteiger partial charge in [0.15, 0.2) is 0 Å². The molecule has 3 nitrogen and oxygen atoms in total. The maximum atomic E-state index is 11.0. The van der Waals surface area contributed by atoms with Crippen LogP contribution in [0.2, 0.25) is 0 Å². The molecule has 1 fully saturated rings. The highest BCUT2D eigenvalue weighted by molar-refractivity contribution is 7.45. The van der Waals surface area contributed by atoms with Crippen LogP contribution in [0, 0.1) is 0 Å². The summed E-state index contributed by atoms with van der Waals surface area (Å²) in [7, 11) is -1.63. The number of ether oxygens (including phenoxy) is 1. The molecule has 0 bridgehead atoms. The van der Waals surface area contributed by atoms with Crippen LogP contribution in [0.25, 0.3) is 0 Å². The van der Waals surface area contributed by atoms with E-state index in [0.717, 1.165) is 0 Å². The number of aliphatic hydroxyl groups excluding tert-OH is 1. The minimum atomic E-state index is -1.63. The van der Waals surface area contributed by atoms with Crippen molar-refractivity contribution in [3.8, 4) is 0 Å². The maximum Gasteiger partial charge on any atom is 0.145 e. The summed E-state index contributed by atoms with van der Waals surface area (Å²) in [5.74, 6) is 0.172. The Morgan fingerprint density at radius 1 is 1.67 bits per heavy atom. The normalized spacial score (nSPS) is 38.4. The van der Waals surface area contributed by atoms with Crippen molar-refractivity contribution in [2.24, 2.45) is 0 Å². The van der Waals surface area contributed by atoms with Gasteiger partial charge in [0, 0.05) is 12.3 Å². The van der Waals surface area contributed by atoms with Crippen LogP contribution in [-0.2, 0) is 9.30 Å². The van der Waals surface area contributed by atoms with Crippen molar-refractivity contribution in [1.82, 2.24) is 0 Å². The Kier molecular flexibility index (Phi) is 4.35. The topological polar surface area (TPSA) is 46.5 Å². The van der Waals surface area contributed by atoms with Crippen molar-refractivity contribution in [2.45, 2.75) is 17.8 Å². The van der Waals surface area contributed by atoms with Crippen molar-refractivity contribution in [3.63, 3.8) is 0 Å². The predicted octanol–water partition coefficient (Wildman–Crippen LogP) is 1.11. The van der Waals surface area contributed by atoms with E-state index in [4.69, 9.17) is 27.9 Å². The molecule has 1 aliphatic heterocycles. The van der Waals surface area contributed by atoms with Crippen LogP contribution < -0.4 is 0 Å². The molecule has 0 aromatic carbocycles. The summed E-state index contributed by atoms with van der Waals surface area (Å²) in [6.07, 6.45) is -0.258. The molecule has 0 saturated carbocycles. The number of aliphatic hydroxyl groups is 1. The van der Waals surface area contributed by atoms with Crippen LogP contribution in [0.1, 0.15) is 0 Å². The van der Waals surface area contributed by atoms with Gasteiger partial charge < -0.3 is 14.4 Å². The third-order valence-corrected chi connectivity index (χ3v) is 4.17. The fraction of sp³-hybridized carbons (Fsp3) is 1.00. The Balaban J connectivity index is 2.37. The predicted molar refractivity (Wildman–Crippen MR) is 50.0 cm³/mol. The van der Waals surface area contributed by atoms with E-state index in [0.29, 0.717) is 12.3 Å². The summed E-state index contributed by atoms with van der Waals surface area (Å²) >= 11 is 11.0. The SMILES string of the molecule is O=[PH]1CC(O)C(OC(Cl)CCl)C1. The van der Waals surface area contributed by atoms with Crippen molar-refractivity contribution in [3.05, 3.63) is 0 Å². The lowest BCUT2D eigenvalue weighted by Gasteiger charge is -2.17. The van der Waals surface area contributed by atoms with E-state index in [9.17, 15) is 9.67 Å². The molecule has 12 heavy (non-hydrogen) atoms. The van der Waals surface area contributed by atoms with E-state index in [1.807, 2.05) is 0 Å². The number of hydrogen-bond acceptors (Lipinski definition) is 3. The Morgan fingerprint density at radius 2 is 2.33 bits per heavy atom. The zero-order valence-electron chi connectivity index (χ0n) is 6.37. The Morgan fingerprint density at radius 3 is 2.75 bits per heavy atom. The Hall–Kier alpha value is 0.730. The zero-order valence-corrected chi connectivity index (χ0v) is 8.88. The summed E-state index contributed by atoms with van der Waals surface area (Å²) < 4.78 is 16.2. The lowest BCUT2D eigenvalue weighted by molar-refractivity contribution is -0.0157. The standard InChI is InChI=1S/C6H11Cl2O3P/c7-1-6(8)11-5-3-12(10)2-4(5)9/h4-6,9,12H,1-3H2. The first-order valence-corrected chi connectivity index (χ1v) is 6.48. The molecule has 0 aromatic rings. The molecule has 1 N–H and O–H groups in total. The number of halogens is 2. The maximum absolute atomic E-state index is 11.0. The average molecular weight is 233 g/mol. The van der Waals surface area contributed by atoms with E-state index in [1.165, 1.54) is 0 Å². The third kappa shape index (κ3) is 2.90. The molecule has 1 aliphatic rings. The van der Waals surface area contributed by atoms with E-state index >= 15 is 0 Å². The molecule has 4 atom stereocenters. The van der Waals surface area contributed by atoms with Gasteiger partial charge in [0.1, 0.15) is 5.56 Å². The van der Waals surface area contributed by atoms with Gasteiger partial charge in [-0.1, -0.05) is 11.6 Å². The molecule has 1 heterocycles. The first-order chi connectivity index (χ1) is 5.63. The molecule has 1 saturated heterocycles. The largest absolute Gasteiger partial charge is 0.390 e. The van der Waals surface area contributed by atoms with Crippen molar-refractivity contribution in [1.29, 1.82) is 0 Å². The molecule has 1 rings (SSSR count). The van der Waals surface area contributed by atoms with E-state index in [-0.39, 0.29) is 5.88 Å². The van der Waals surface area contributed by atoms with Gasteiger partial charge in [0.05, 0.1) is 25.9 Å². The third-order valence-electron chi connectivity index (χ3n) is 1.74. The molecule has 0 aliphatic carbocycles. The molecular weight excluding hydrogens is 222 g/mol. The lowest BCUT2D eigenvalue weighted by atomic mass is 10.3. The molecule has 0 aromatic heterocycles. The van der Waals surface area contributed by atoms with Gasteiger partial charge in [-0.2, -0.15) is 0 Å². The van der Waals surface area contributed by atoms with E-state index in [1.54, 1.807) is 0 Å². The molecular formula is C6H11Cl2O3P. The highest BCUT2D eigenvalue weighted by Gasteiger charge is 2.32. The Labute approximate surface area is 81.8 Å². The second-order valence-corrected chi connectivity index (χ2v) is 5.44. The molecule has 4 unspecified atom stereocenters. The number of rotatable bonds is 3. The van der Waals surface area contributed by atoms with Gasteiger partial charge in [-0.25, -0.2) is 0 Å². The Bertz CT molecular complexity index is 178. The molecule has 6 heteroatoms. The average Bonchev–Trinajstić information content (AvgIpc) is 2.30. The first-order valence-electron chi connectivity index (χ1n) is 3.68. The minimum absolute atomic E-state index is 0.172. The summed E-state index contributed by atoms with van der Waals surface area (Å²) in [6.45, 7) is 0. The quantitative estimate of drug-likeness (QED) is 0.586. The van der Waals surface area contributed by atoms with Crippen molar-refractivity contribution < 1.29 is 14.4 Å². The van der Waals surface area contributed by atoms with Crippen LogP contribution in [0.15, 0.2) is 0 Å². The van der Waals surface area contributed by atoms with Crippen molar-refractivity contribution in [2.75, 3.05) is 18.2 Å². The molecule has 0 amide bonds. The van der Waals surface area contributed by atoms with Crippen LogP contribution in [0.5, 0.6) is 0 Å². The van der Waals surface area contributed by atoms with Gasteiger partial charge in [-0.3, -0.25) is 0 Å². The summed E-state index contributed by atoms with van der Waals surface area (Å²) in [5, 5.41) is 9.30.